The first-order valence-corrected chi connectivity index (χ1v) is 12.5. The summed E-state index contributed by atoms with van der Waals surface area (Å²) in [5, 5.41) is 12.1. The zero-order chi connectivity index (χ0) is 28.6. The van der Waals surface area contributed by atoms with E-state index >= 15 is 0 Å². The van der Waals surface area contributed by atoms with Crippen molar-refractivity contribution in [2.75, 3.05) is 11.9 Å². The molecule has 0 spiro atoms. The maximum absolute atomic E-state index is 14.3. The SMILES string of the molecule is CC(C)C[C@@H](COc1ccc(-c2ccc(C(F)(F)F)cc2F)cn1)Nc1ccc(C(=O)CCCC(=O)O)cc1. The number of ketones is 1. The molecule has 2 aromatic carbocycles. The Labute approximate surface area is 224 Å². The Balaban J connectivity index is 1.60. The second-order valence-corrected chi connectivity index (χ2v) is 9.61. The molecule has 1 heterocycles. The van der Waals surface area contributed by atoms with Crippen LogP contribution < -0.4 is 10.1 Å². The molecular formula is C29H30F4N2O4. The van der Waals surface area contributed by atoms with Gasteiger partial charge in [0, 0.05) is 47.5 Å². The third kappa shape index (κ3) is 9.08. The number of ether oxygens (including phenoxy) is 1. The van der Waals surface area contributed by atoms with Crippen LogP contribution in [0.2, 0.25) is 0 Å². The van der Waals surface area contributed by atoms with Crippen molar-refractivity contribution < 1.29 is 37.0 Å². The number of anilines is 1. The fourth-order valence-electron chi connectivity index (χ4n) is 4.01. The Morgan fingerprint density at radius 2 is 1.74 bits per heavy atom. The van der Waals surface area contributed by atoms with Gasteiger partial charge >= 0.3 is 12.1 Å². The molecular weight excluding hydrogens is 516 g/mol. The molecule has 0 fully saturated rings. The van der Waals surface area contributed by atoms with E-state index < -0.39 is 23.5 Å². The van der Waals surface area contributed by atoms with Crippen molar-refractivity contribution in [2.24, 2.45) is 5.92 Å². The van der Waals surface area contributed by atoms with E-state index in [1.54, 1.807) is 24.3 Å². The highest BCUT2D eigenvalue weighted by atomic mass is 19.4. The predicted octanol–water partition coefficient (Wildman–Crippen LogP) is 7.25. The fourth-order valence-corrected chi connectivity index (χ4v) is 4.01. The molecule has 0 aliphatic carbocycles. The molecule has 3 rings (SSSR count). The Morgan fingerprint density at radius 1 is 1.03 bits per heavy atom. The fraction of sp³-hybridized carbons (Fsp3) is 0.345. The van der Waals surface area contributed by atoms with Gasteiger partial charge in [-0.3, -0.25) is 9.59 Å². The lowest BCUT2D eigenvalue weighted by molar-refractivity contribution is -0.138. The molecule has 0 saturated heterocycles. The number of nitrogens with one attached hydrogen (secondary N) is 1. The quantitative estimate of drug-likeness (QED) is 0.173. The highest BCUT2D eigenvalue weighted by Crippen LogP contribution is 2.33. The number of benzene rings is 2. The van der Waals surface area contributed by atoms with Crippen LogP contribution in [-0.4, -0.2) is 34.5 Å². The molecule has 6 nitrogen and oxygen atoms in total. The summed E-state index contributed by atoms with van der Waals surface area (Å²) in [4.78, 5) is 27.1. The minimum Gasteiger partial charge on any atom is -0.481 e. The highest BCUT2D eigenvalue weighted by Gasteiger charge is 2.31. The number of carboxylic acid groups (broad SMARTS) is 1. The third-order valence-electron chi connectivity index (χ3n) is 5.90. The molecule has 39 heavy (non-hydrogen) atoms. The van der Waals surface area contributed by atoms with Gasteiger partial charge in [-0.25, -0.2) is 9.37 Å². The zero-order valence-electron chi connectivity index (χ0n) is 21.6. The Hall–Kier alpha value is -3.95. The van der Waals surface area contributed by atoms with E-state index in [4.69, 9.17) is 9.84 Å². The summed E-state index contributed by atoms with van der Waals surface area (Å²) < 4.78 is 58.5. The molecule has 0 radical (unpaired) electrons. The van der Waals surface area contributed by atoms with Gasteiger partial charge in [-0.05, 0) is 61.2 Å². The Kier molecular flexibility index (Phi) is 10.0. The van der Waals surface area contributed by atoms with Gasteiger partial charge in [0.1, 0.15) is 12.4 Å². The van der Waals surface area contributed by atoms with Crippen LogP contribution >= 0.6 is 0 Å². The second kappa shape index (κ2) is 13.2. The van der Waals surface area contributed by atoms with Gasteiger partial charge in [-0.15, -0.1) is 0 Å². The number of aliphatic carboxylic acids is 1. The standard InChI is InChI=1S/C29H30F4N2O4/c1-18(2)14-23(35-22-10-6-19(7-11-22)26(36)4-3-5-28(37)38)17-39-27-13-8-20(16-34-27)24-12-9-21(15-25(24)30)29(31,32)33/h6-13,15-16,18,23,35H,3-5,14,17H2,1-2H3,(H,37,38)/t23-/m0/s1. The lowest BCUT2D eigenvalue weighted by atomic mass is 10.0. The third-order valence-corrected chi connectivity index (χ3v) is 5.90. The van der Waals surface area contributed by atoms with Crippen LogP contribution in [0.1, 0.15) is 55.5 Å². The number of hydrogen-bond donors (Lipinski definition) is 2. The molecule has 0 aliphatic heterocycles. The first kappa shape index (κ1) is 29.6. The smallest absolute Gasteiger partial charge is 0.416 e. The van der Waals surface area contributed by atoms with Crippen molar-refractivity contribution in [1.82, 2.24) is 4.98 Å². The van der Waals surface area contributed by atoms with Crippen molar-refractivity contribution in [3.05, 3.63) is 77.7 Å². The van der Waals surface area contributed by atoms with E-state index in [0.717, 1.165) is 24.2 Å². The monoisotopic (exact) mass is 546 g/mol. The largest absolute Gasteiger partial charge is 0.481 e. The molecule has 2 N–H and O–H groups in total. The predicted molar refractivity (Wildman–Crippen MR) is 139 cm³/mol. The van der Waals surface area contributed by atoms with E-state index in [1.807, 2.05) is 0 Å². The van der Waals surface area contributed by atoms with E-state index in [0.29, 0.717) is 23.1 Å². The molecule has 3 aromatic rings. The van der Waals surface area contributed by atoms with Crippen molar-refractivity contribution >= 4 is 17.4 Å². The maximum Gasteiger partial charge on any atom is 0.416 e. The van der Waals surface area contributed by atoms with Gasteiger partial charge in [-0.1, -0.05) is 19.9 Å². The molecule has 1 aromatic heterocycles. The van der Waals surface area contributed by atoms with Gasteiger partial charge in [0.05, 0.1) is 11.6 Å². The van der Waals surface area contributed by atoms with Crippen LogP contribution in [0.5, 0.6) is 5.88 Å². The molecule has 0 unspecified atom stereocenters. The van der Waals surface area contributed by atoms with Crippen molar-refractivity contribution in [2.45, 2.75) is 51.7 Å². The maximum atomic E-state index is 14.3. The second-order valence-electron chi connectivity index (χ2n) is 9.61. The van der Waals surface area contributed by atoms with Crippen molar-refractivity contribution in [3.8, 4) is 17.0 Å². The summed E-state index contributed by atoms with van der Waals surface area (Å²) in [5.74, 6) is -1.41. The number of carbonyl (C=O) groups is 2. The van der Waals surface area contributed by atoms with Crippen LogP contribution in [-0.2, 0) is 11.0 Å². The zero-order valence-corrected chi connectivity index (χ0v) is 21.6. The number of pyridine rings is 1. The lowest BCUT2D eigenvalue weighted by Crippen LogP contribution is -2.29. The Bertz CT molecular complexity index is 1260. The minimum absolute atomic E-state index is 0.00483. The molecule has 0 saturated carbocycles. The van der Waals surface area contributed by atoms with E-state index in [-0.39, 0.29) is 49.1 Å². The number of nitrogens with zero attached hydrogens (tertiary/aromatic N) is 1. The van der Waals surface area contributed by atoms with Gasteiger partial charge in [-0.2, -0.15) is 13.2 Å². The first-order chi connectivity index (χ1) is 18.4. The van der Waals surface area contributed by atoms with Gasteiger partial charge in [0.25, 0.3) is 0 Å². The highest BCUT2D eigenvalue weighted by molar-refractivity contribution is 5.96. The van der Waals surface area contributed by atoms with Crippen LogP contribution in [0, 0.1) is 11.7 Å². The number of Topliss-reactive ketones (excluding diaryl/α,β-unsaturated/α-hetero) is 1. The van der Waals surface area contributed by atoms with E-state index in [1.165, 1.54) is 18.3 Å². The molecule has 208 valence electrons. The van der Waals surface area contributed by atoms with Crippen LogP contribution in [0.25, 0.3) is 11.1 Å². The van der Waals surface area contributed by atoms with Crippen LogP contribution in [0.3, 0.4) is 0 Å². The first-order valence-electron chi connectivity index (χ1n) is 12.5. The Morgan fingerprint density at radius 3 is 2.31 bits per heavy atom. The number of alkyl halides is 3. The van der Waals surface area contributed by atoms with Crippen molar-refractivity contribution in [1.29, 1.82) is 0 Å². The summed E-state index contributed by atoms with van der Waals surface area (Å²) in [7, 11) is 0. The number of carbonyl (C=O) groups excluding carboxylic acids is 1. The van der Waals surface area contributed by atoms with Crippen LogP contribution in [0.15, 0.2) is 60.8 Å². The average Bonchev–Trinajstić information content (AvgIpc) is 2.87. The summed E-state index contributed by atoms with van der Waals surface area (Å²) >= 11 is 0. The summed E-state index contributed by atoms with van der Waals surface area (Å²) in [5.41, 5.74) is 0.564. The van der Waals surface area contributed by atoms with Crippen molar-refractivity contribution in [3.63, 3.8) is 0 Å². The lowest BCUT2D eigenvalue weighted by Gasteiger charge is -2.22. The minimum atomic E-state index is -4.63. The van der Waals surface area contributed by atoms with E-state index in [9.17, 15) is 27.2 Å². The molecule has 1 atom stereocenters. The van der Waals surface area contributed by atoms with E-state index in [2.05, 4.69) is 24.1 Å². The number of hydrogen-bond acceptors (Lipinski definition) is 5. The topological polar surface area (TPSA) is 88.5 Å². The summed E-state index contributed by atoms with van der Waals surface area (Å²) in [6.07, 6.45) is -2.11. The number of carboxylic acids is 1. The number of halogens is 4. The normalized spacial score (nSPS) is 12.3. The number of rotatable bonds is 13. The molecule has 10 heteroatoms. The number of aromatic nitrogens is 1. The summed E-state index contributed by atoms with van der Waals surface area (Å²) in [6, 6.07) is 12.3. The molecule has 0 bridgehead atoms. The van der Waals surface area contributed by atoms with Crippen LogP contribution in [0.4, 0.5) is 23.2 Å². The van der Waals surface area contributed by atoms with Gasteiger partial charge in [0.2, 0.25) is 5.88 Å². The summed E-state index contributed by atoms with van der Waals surface area (Å²) in [6.45, 7) is 4.40. The van der Waals surface area contributed by atoms with Gasteiger partial charge in [0.15, 0.2) is 5.78 Å². The molecule has 0 amide bonds. The molecule has 0 aliphatic rings. The van der Waals surface area contributed by atoms with Gasteiger partial charge < -0.3 is 15.2 Å². The average molecular weight is 547 g/mol.